The van der Waals surface area contributed by atoms with Crippen molar-refractivity contribution in [1.29, 1.82) is 0 Å². The summed E-state index contributed by atoms with van der Waals surface area (Å²) in [5, 5.41) is 11.3. The second kappa shape index (κ2) is 9.84. The number of ether oxygens (including phenoxy) is 2. The number of amides is 1. The number of aliphatic carboxylic acids is 1. The number of carbonyl (C=O) groups excluding carboxylic acids is 1. The molecule has 0 fully saturated rings. The Kier molecular flexibility index (Phi) is 8.11. The summed E-state index contributed by atoms with van der Waals surface area (Å²) in [6.07, 6.45) is 1.41. The van der Waals surface area contributed by atoms with E-state index >= 15 is 0 Å². The average Bonchev–Trinajstić information content (AvgIpc) is 2.45. The van der Waals surface area contributed by atoms with Gasteiger partial charge in [0.1, 0.15) is 5.75 Å². The van der Waals surface area contributed by atoms with Gasteiger partial charge in [0.2, 0.25) is 5.91 Å². The third-order valence-corrected chi connectivity index (χ3v) is 3.04. The van der Waals surface area contributed by atoms with E-state index in [9.17, 15) is 9.59 Å². The minimum Gasteiger partial charge on any atom is -0.482 e. The minimum absolute atomic E-state index is 0.124. The molecule has 1 atom stereocenters. The first-order chi connectivity index (χ1) is 10.9. The molecule has 1 aromatic carbocycles. The van der Waals surface area contributed by atoms with Gasteiger partial charge in [0.25, 0.3) is 0 Å². The Morgan fingerprint density at radius 1 is 1.17 bits per heavy atom. The standard InChI is InChI=1S/C17H25NO5/c1-12(2)10-13(3)22-9-8-16(19)18-14-4-6-15(7-5-14)23-11-17(20)21/h4-7,12-13H,8-11H2,1-3H3,(H,18,19)(H,20,21). The Hall–Kier alpha value is -2.08. The smallest absolute Gasteiger partial charge is 0.341 e. The molecule has 1 amide bonds. The van der Waals surface area contributed by atoms with Gasteiger partial charge in [-0.15, -0.1) is 0 Å². The molecular weight excluding hydrogens is 298 g/mol. The molecule has 0 saturated heterocycles. The normalized spacial score (nSPS) is 12.0. The van der Waals surface area contributed by atoms with E-state index < -0.39 is 12.6 Å². The number of hydrogen-bond donors (Lipinski definition) is 2. The first-order valence-corrected chi connectivity index (χ1v) is 7.73. The van der Waals surface area contributed by atoms with Crippen molar-refractivity contribution in [3.05, 3.63) is 24.3 Å². The van der Waals surface area contributed by atoms with Crippen LogP contribution in [0.15, 0.2) is 24.3 Å². The maximum Gasteiger partial charge on any atom is 0.341 e. The summed E-state index contributed by atoms with van der Waals surface area (Å²) in [7, 11) is 0. The molecule has 0 radical (unpaired) electrons. The van der Waals surface area contributed by atoms with E-state index in [1.54, 1.807) is 24.3 Å². The predicted octanol–water partition coefficient (Wildman–Crippen LogP) is 2.93. The van der Waals surface area contributed by atoms with E-state index in [2.05, 4.69) is 19.2 Å². The Morgan fingerprint density at radius 3 is 2.39 bits per heavy atom. The summed E-state index contributed by atoms with van der Waals surface area (Å²) in [6.45, 7) is 6.28. The molecule has 6 heteroatoms. The Morgan fingerprint density at radius 2 is 1.83 bits per heavy atom. The number of carboxylic acid groups (broad SMARTS) is 1. The molecule has 23 heavy (non-hydrogen) atoms. The van der Waals surface area contributed by atoms with Crippen molar-refractivity contribution in [3.8, 4) is 5.75 Å². The number of benzene rings is 1. The molecular formula is C17H25NO5. The lowest BCUT2D eigenvalue weighted by atomic mass is 10.1. The van der Waals surface area contributed by atoms with Crippen LogP contribution in [0.1, 0.15) is 33.6 Å². The second-order valence-electron chi connectivity index (χ2n) is 5.82. The van der Waals surface area contributed by atoms with Crippen molar-refractivity contribution in [2.45, 2.75) is 39.7 Å². The quantitative estimate of drug-likeness (QED) is 0.691. The van der Waals surface area contributed by atoms with Crippen LogP contribution >= 0.6 is 0 Å². The van der Waals surface area contributed by atoms with Gasteiger partial charge in [-0.05, 0) is 43.5 Å². The summed E-state index contributed by atoms with van der Waals surface area (Å²) in [5.41, 5.74) is 0.632. The van der Waals surface area contributed by atoms with Gasteiger partial charge in [-0.25, -0.2) is 4.79 Å². The first kappa shape index (κ1) is 19.0. The lowest BCUT2D eigenvalue weighted by Crippen LogP contribution is -2.18. The third-order valence-electron chi connectivity index (χ3n) is 3.04. The summed E-state index contributed by atoms with van der Waals surface area (Å²) in [6, 6.07) is 6.55. The van der Waals surface area contributed by atoms with Crippen LogP contribution in [-0.2, 0) is 14.3 Å². The molecule has 0 aromatic heterocycles. The summed E-state index contributed by atoms with van der Waals surface area (Å²) < 4.78 is 10.6. The molecule has 0 saturated carbocycles. The topological polar surface area (TPSA) is 84.9 Å². The molecule has 128 valence electrons. The van der Waals surface area contributed by atoms with Gasteiger partial charge in [0.05, 0.1) is 19.1 Å². The number of carbonyl (C=O) groups is 2. The largest absolute Gasteiger partial charge is 0.482 e. The van der Waals surface area contributed by atoms with E-state index in [0.29, 0.717) is 30.4 Å². The zero-order chi connectivity index (χ0) is 17.2. The highest BCUT2D eigenvalue weighted by Crippen LogP contribution is 2.16. The zero-order valence-corrected chi connectivity index (χ0v) is 13.9. The van der Waals surface area contributed by atoms with Crippen LogP contribution in [0.4, 0.5) is 5.69 Å². The molecule has 0 aliphatic carbocycles. The van der Waals surface area contributed by atoms with Crippen LogP contribution < -0.4 is 10.1 Å². The fraction of sp³-hybridized carbons (Fsp3) is 0.529. The second-order valence-corrected chi connectivity index (χ2v) is 5.82. The maximum atomic E-state index is 11.8. The van der Waals surface area contributed by atoms with Gasteiger partial charge in [-0.3, -0.25) is 4.79 Å². The monoisotopic (exact) mass is 323 g/mol. The van der Waals surface area contributed by atoms with Crippen molar-refractivity contribution < 1.29 is 24.2 Å². The Labute approximate surface area is 136 Å². The molecule has 0 bridgehead atoms. The summed E-state index contributed by atoms with van der Waals surface area (Å²) in [5.74, 6) is -0.146. The van der Waals surface area contributed by atoms with Gasteiger partial charge in [-0.2, -0.15) is 0 Å². The summed E-state index contributed by atoms with van der Waals surface area (Å²) in [4.78, 5) is 22.2. The van der Waals surface area contributed by atoms with E-state index in [1.165, 1.54) is 0 Å². The van der Waals surface area contributed by atoms with E-state index in [0.717, 1.165) is 6.42 Å². The molecule has 0 aliphatic rings. The Balaban J connectivity index is 2.30. The van der Waals surface area contributed by atoms with E-state index in [4.69, 9.17) is 14.6 Å². The van der Waals surface area contributed by atoms with Crippen molar-refractivity contribution in [2.75, 3.05) is 18.5 Å². The fourth-order valence-corrected chi connectivity index (χ4v) is 2.09. The number of rotatable bonds is 10. The number of hydrogen-bond acceptors (Lipinski definition) is 4. The van der Waals surface area contributed by atoms with Crippen LogP contribution in [0, 0.1) is 5.92 Å². The van der Waals surface area contributed by atoms with Crippen LogP contribution in [0.5, 0.6) is 5.75 Å². The highest BCUT2D eigenvalue weighted by atomic mass is 16.5. The van der Waals surface area contributed by atoms with E-state index in [1.807, 2.05) is 6.92 Å². The fourth-order valence-electron chi connectivity index (χ4n) is 2.09. The van der Waals surface area contributed by atoms with Crippen LogP contribution in [0.3, 0.4) is 0 Å². The van der Waals surface area contributed by atoms with Crippen LogP contribution in [0.2, 0.25) is 0 Å². The predicted molar refractivity (Wildman–Crippen MR) is 87.7 cm³/mol. The molecule has 1 unspecified atom stereocenters. The molecule has 2 N–H and O–H groups in total. The minimum atomic E-state index is -1.03. The number of nitrogens with one attached hydrogen (secondary N) is 1. The highest BCUT2D eigenvalue weighted by Gasteiger charge is 2.08. The summed E-state index contributed by atoms with van der Waals surface area (Å²) >= 11 is 0. The Bertz CT molecular complexity index is 498. The van der Waals surface area contributed by atoms with Gasteiger partial charge in [-0.1, -0.05) is 13.8 Å². The number of anilines is 1. The van der Waals surface area contributed by atoms with Crippen molar-refractivity contribution in [3.63, 3.8) is 0 Å². The molecule has 0 spiro atoms. The zero-order valence-electron chi connectivity index (χ0n) is 13.9. The lowest BCUT2D eigenvalue weighted by Gasteiger charge is -2.15. The van der Waals surface area contributed by atoms with Crippen molar-refractivity contribution in [1.82, 2.24) is 0 Å². The van der Waals surface area contributed by atoms with Gasteiger partial charge >= 0.3 is 5.97 Å². The van der Waals surface area contributed by atoms with Crippen molar-refractivity contribution >= 4 is 17.6 Å². The molecule has 1 aromatic rings. The van der Waals surface area contributed by atoms with Gasteiger partial charge in [0.15, 0.2) is 6.61 Å². The highest BCUT2D eigenvalue weighted by molar-refractivity contribution is 5.90. The number of carboxylic acids is 1. The molecule has 0 heterocycles. The molecule has 6 nitrogen and oxygen atoms in total. The average molecular weight is 323 g/mol. The van der Waals surface area contributed by atoms with Crippen molar-refractivity contribution in [2.24, 2.45) is 5.92 Å². The van der Waals surface area contributed by atoms with Gasteiger partial charge in [0, 0.05) is 5.69 Å². The maximum absolute atomic E-state index is 11.8. The third kappa shape index (κ3) is 8.83. The van der Waals surface area contributed by atoms with Crippen LogP contribution in [0.25, 0.3) is 0 Å². The lowest BCUT2D eigenvalue weighted by molar-refractivity contribution is -0.139. The molecule has 1 rings (SSSR count). The molecule has 0 aliphatic heterocycles. The van der Waals surface area contributed by atoms with Crippen LogP contribution in [-0.4, -0.2) is 36.3 Å². The van der Waals surface area contributed by atoms with E-state index in [-0.39, 0.29) is 12.0 Å². The SMILES string of the molecule is CC(C)CC(C)OCCC(=O)Nc1ccc(OCC(=O)O)cc1. The first-order valence-electron chi connectivity index (χ1n) is 7.73. The van der Waals surface area contributed by atoms with Gasteiger partial charge < -0.3 is 19.9 Å².